The van der Waals surface area contributed by atoms with Gasteiger partial charge in [0.05, 0.1) is 11.1 Å². The molecule has 2 aromatic carbocycles. The van der Waals surface area contributed by atoms with Crippen LogP contribution in [0.3, 0.4) is 0 Å². The van der Waals surface area contributed by atoms with Crippen molar-refractivity contribution in [3.05, 3.63) is 75.3 Å². The summed E-state index contributed by atoms with van der Waals surface area (Å²) in [6, 6.07) is 6.85. The third kappa shape index (κ3) is 3.56. The van der Waals surface area contributed by atoms with E-state index in [2.05, 4.69) is 4.98 Å². The van der Waals surface area contributed by atoms with E-state index in [0.29, 0.717) is 29.1 Å². The van der Waals surface area contributed by atoms with E-state index in [0.717, 1.165) is 0 Å². The molecule has 0 bridgehead atoms. The lowest BCUT2D eigenvalue weighted by atomic mass is 10.1. The van der Waals surface area contributed by atoms with Gasteiger partial charge in [-0.1, -0.05) is 13.0 Å². The maximum atomic E-state index is 14.6. The zero-order chi connectivity index (χ0) is 19.7. The fourth-order valence-electron chi connectivity index (χ4n) is 2.98. The molecule has 6 heteroatoms. The number of hydrogen-bond acceptors (Lipinski definition) is 3. The average Bonchev–Trinajstić information content (AvgIpc) is 2.61. The van der Waals surface area contributed by atoms with Crippen molar-refractivity contribution in [1.82, 2.24) is 9.55 Å². The minimum absolute atomic E-state index is 0.0205. The molecule has 0 aliphatic heterocycles. The molecule has 0 amide bonds. The molecule has 0 spiro atoms. The van der Waals surface area contributed by atoms with Crippen LogP contribution in [-0.2, 0) is 11.2 Å². The number of aromatic nitrogens is 2. The van der Waals surface area contributed by atoms with Crippen molar-refractivity contribution in [2.24, 2.45) is 0 Å². The number of benzene rings is 2. The number of ketones is 1. The second-order valence-corrected chi connectivity index (χ2v) is 6.30. The van der Waals surface area contributed by atoms with Gasteiger partial charge in [-0.25, -0.2) is 13.8 Å². The van der Waals surface area contributed by atoms with Gasteiger partial charge in [-0.2, -0.15) is 0 Å². The van der Waals surface area contributed by atoms with E-state index in [1.165, 1.54) is 54.0 Å². The quantitative estimate of drug-likeness (QED) is 0.651. The fraction of sp³-hybridized carbons (Fsp3) is 0.190. The van der Waals surface area contributed by atoms with Crippen LogP contribution in [0.4, 0.5) is 8.78 Å². The molecule has 0 aliphatic carbocycles. The van der Waals surface area contributed by atoms with Crippen LogP contribution < -0.4 is 5.56 Å². The normalized spacial score (nSPS) is 11.4. The highest BCUT2D eigenvalue weighted by Crippen LogP contribution is 2.21. The summed E-state index contributed by atoms with van der Waals surface area (Å²) in [5, 5.41) is 0.0964. The Balaban J connectivity index is 2.35. The van der Waals surface area contributed by atoms with E-state index in [4.69, 9.17) is 0 Å². The van der Waals surface area contributed by atoms with Gasteiger partial charge in [-0.05, 0) is 61.4 Å². The second-order valence-electron chi connectivity index (χ2n) is 6.30. The summed E-state index contributed by atoms with van der Waals surface area (Å²) < 4.78 is 29.4. The van der Waals surface area contributed by atoms with E-state index in [1.54, 1.807) is 6.92 Å². The molecule has 0 radical (unpaired) electrons. The molecule has 3 aromatic rings. The smallest absolute Gasteiger partial charge is 0.266 e. The fourth-order valence-corrected chi connectivity index (χ4v) is 2.98. The van der Waals surface area contributed by atoms with Gasteiger partial charge < -0.3 is 0 Å². The van der Waals surface area contributed by atoms with Crippen molar-refractivity contribution in [1.29, 1.82) is 0 Å². The van der Waals surface area contributed by atoms with Crippen LogP contribution in [0.15, 0.2) is 41.2 Å². The largest absolute Gasteiger partial charge is 0.295 e. The Morgan fingerprint density at radius 3 is 2.59 bits per heavy atom. The standard InChI is InChI=1S/C21H18F2N2O2/c1-4-19-24-20-16(10-14(11-17(20)23)6-5-13(3)26)21(27)25(19)18-8-7-15(22)9-12(18)2/h5-11H,4H2,1-3H3/b6-5+. The summed E-state index contributed by atoms with van der Waals surface area (Å²) in [6.45, 7) is 4.89. The minimum atomic E-state index is -0.634. The third-order valence-corrected chi connectivity index (χ3v) is 4.24. The number of allylic oxidation sites excluding steroid dienone is 1. The van der Waals surface area contributed by atoms with Crippen LogP contribution in [0.1, 0.15) is 30.8 Å². The second kappa shape index (κ2) is 7.23. The van der Waals surface area contributed by atoms with Crippen LogP contribution in [0.2, 0.25) is 0 Å². The number of rotatable bonds is 4. The number of fused-ring (bicyclic) bond motifs is 1. The molecule has 0 atom stereocenters. The lowest BCUT2D eigenvalue weighted by Gasteiger charge is -2.15. The molecule has 138 valence electrons. The first-order valence-corrected chi connectivity index (χ1v) is 8.52. The average molecular weight is 368 g/mol. The van der Waals surface area contributed by atoms with Gasteiger partial charge in [0.25, 0.3) is 5.56 Å². The minimum Gasteiger partial charge on any atom is -0.295 e. The molecule has 0 fully saturated rings. The summed E-state index contributed by atoms with van der Waals surface area (Å²) in [5.74, 6) is -0.841. The SMILES string of the molecule is CCc1nc2c(F)cc(/C=C/C(C)=O)cc2c(=O)n1-c1ccc(F)cc1C. The summed E-state index contributed by atoms with van der Waals surface area (Å²) in [4.78, 5) is 28.6. The van der Waals surface area contributed by atoms with E-state index in [1.807, 2.05) is 6.92 Å². The summed E-state index contributed by atoms with van der Waals surface area (Å²) >= 11 is 0. The number of hydrogen-bond donors (Lipinski definition) is 0. The highest BCUT2D eigenvalue weighted by Gasteiger charge is 2.16. The van der Waals surface area contributed by atoms with Crippen molar-refractivity contribution in [2.45, 2.75) is 27.2 Å². The van der Waals surface area contributed by atoms with Crippen LogP contribution in [0.25, 0.3) is 22.7 Å². The molecule has 0 unspecified atom stereocenters. The Bertz CT molecular complexity index is 1150. The highest BCUT2D eigenvalue weighted by molar-refractivity contribution is 5.92. The summed E-state index contributed by atoms with van der Waals surface area (Å²) in [5.41, 5.74) is 0.996. The van der Waals surface area contributed by atoms with Crippen LogP contribution in [0.5, 0.6) is 0 Å². The van der Waals surface area contributed by atoms with Gasteiger partial charge >= 0.3 is 0 Å². The van der Waals surface area contributed by atoms with Gasteiger partial charge in [-0.3, -0.25) is 14.2 Å². The van der Waals surface area contributed by atoms with Crippen LogP contribution in [0, 0.1) is 18.6 Å². The van der Waals surface area contributed by atoms with Gasteiger partial charge in [0.1, 0.15) is 23.0 Å². The van der Waals surface area contributed by atoms with Crippen LogP contribution in [-0.4, -0.2) is 15.3 Å². The predicted molar refractivity (Wildman–Crippen MR) is 101 cm³/mol. The van der Waals surface area contributed by atoms with E-state index < -0.39 is 17.2 Å². The zero-order valence-electron chi connectivity index (χ0n) is 15.2. The monoisotopic (exact) mass is 368 g/mol. The molecule has 0 N–H and O–H groups in total. The molecule has 0 aliphatic rings. The highest BCUT2D eigenvalue weighted by atomic mass is 19.1. The van der Waals surface area contributed by atoms with E-state index >= 15 is 0 Å². The van der Waals surface area contributed by atoms with E-state index in [-0.39, 0.29) is 16.7 Å². The maximum absolute atomic E-state index is 14.6. The van der Waals surface area contributed by atoms with Crippen molar-refractivity contribution in [3.63, 3.8) is 0 Å². The molecule has 1 heterocycles. The number of nitrogens with zero attached hydrogens (tertiary/aromatic N) is 2. The van der Waals surface area contributed by atoms with Gasteiger partial charge in [0, 0.05) is 6.42 Å². The molecule has 4 nitrogen and oxygen atoms in total. The number of aryl methyl sites for hydroxylation is 2. The van der Waals surface area contributed by atoms with Gasteiger partial charge in [-0.15, -0.1) is 0 Å². The molecular weight excluding hydrogens is 350 g/mol. The number of carbonyl (C=O) groups is 1. The topological polar surface area (TPSA) is 52.0 Å². The maximum Gasteiger partial charge on any atom is 0.266 e. The van der Waals surface area contributed by atoms with Gasteiger partial charge in [0.15, 0.2) is 5.78 Å². The molecule has 27 heavy (non-hydrogen) atoms. The van der Waals surface area contributed by atoms with Gasteiger partial charge in [0.2, 0.25) is 0 Å². The van der Waals surface area contributed by atoms with Crippen molar-refractivity contribution < 1.29 is 13.6 Å². The molecule has 0 saturated carbocycles. The Hall–Kier alpha value is -3.15. The molecule has 0 saturated heterocycles. The molecular formula is C21H18F2N2O2. The number of halogens is 2. The third-order valence-electron chi connectivity index (χ3n) is 4.24. The Morgan fingerprint density at radius 1 is 1.22 bits per heavy atom. The Labute approximate surface area is 154 Å². The summed E-state index contributed by atoms with van der Waals surface area (Å²) in [7, 11) is 0. The zero-order valence-corrected chi connectivity index (χ0v) is 15.2. The first-order valence-electron chi connectivity index (χ1n) is 8.52. The predicted octanol–water partition coefficient (Wildman–Crippen LogP) is 4.14. The summed E-state index contributed by atoms with van der Waals surface area (Å²) in [6.07, 6.45) is 3.15. The van der Waals surface area contributed by atoms with Crippen molar-refractivity contribution in [3.8, 4) is 5.69 Å². The molecule has 1 aromatic heterocycles. The van der Waals surface area contributed by atoms with Crippen molar-refractivity contribution in [2.75, 3.05) is 0 Å². The Morgan fingerprint density at radius 2 is 1.96 bits per heavy atom. The van der Waals surface area contributed by atoms with Crippen LogP contribution >= 0.6 is 0 Å². The first-order chi connectivity index (χ1) is 12.8. The lowest BCUT2D eigenvalue weighted by molar-refractivity contribution is -0.112. The lowest BCUT2D eigenvalue weighted by Crippen LogP contribution is -2.25. The Kier molecular flexibility index (Phi) is 4.99. The first kappa shape index (κ1) is 18.6. The van der Waals surface area contributed by atoms with E-state index in [9.17, 15) is 18.4 Å². The molecule has 3 rings (SSSR count). The van der Waals surface area contributed by atoms with Crippen molar-refractivity contribution >= 4 is 22.8 Å². The number of carbonyl (C=O) groups excluding carboxylic acids is 1.